The summed E-state index contributed by atoms with van der Waals surface area (Å²) < 4.78 is 21.8. The van der Waals surface area contributed by atoms with Crippen molar-refractivity contribution < 1.29 is 13.2 Å². The van der Waals surface area contributed by atoms with E-state index in [1.807, 2.05) is 6.92 Å². The second-order valence-electron chi connectivity index (χ2n) is 4.83. The van der Waals surface area contributed by atoms with E-state index in [0.717, 1.165) is 12.8 Å². The highest BCUT2D eigenvalue weighted by Gasteiger charge is 2.42. The van der Waals surface area contributed by atoms with Crippen molar-refractivity contribution in [3.63, 3.8) is 0 Å². The van der Waals surface area contributed by atoms with E-state index in [2.05, 4.69) is 5.32 Å². The zero-order valence-electron chi connectivity index (χ0n) is 10.3. The summed E-state index contributed by atoms with van der Waals surface area (Å²) in [4.78, 5) is 13.8. The van der Waals surface area contributed by atoms with Crippen molar-refractivity contribution in [2.45, 2.75) is 31.6 Å². The molecule has 1 atom stereocenters. The fourth-order valence-electron chi connectivity index (χ4n) is 1.65. The first kappa shape index (κ1) is 13.4. The number of rotatable bonds is 2. The van der Waals surface area contributed by atoms with Gasteiger partial charge in [-0.3, -0.25) is 4.79 Å². The summed E-state index contributed by atoms with van der Waals surface area (Å²) in [6.45, 7) is 6.86. The zero-order chi connectivity index (χ0) is 12.6. The Bertz CT molecular complexity index is 376. The first-order chi connectivity index (χ1) is 7.18. The van der Waals surface area contributed by atoms with Gasteiger partial charge in [0.2, 0.25) is 5.91 Å². The van der Waals surface area contributed by atoms with Gasteiger partial charge in [-0.1, -0.05) is 0 Å². The average molecular weight is 248 g/mol. The maximum Gasteiger partial charge on any atom is 0.243 e. The molecule has 1 saturated heterocycles. The van der Waals surface area contributed by atoms with Gasteiger partial charge >= 0.3 is 0 Å². The number of hydrogen-bond acceptors (Lipinski definition) is 4. The fourth-order valence-corrected chi connectivity index (χ4v) is 2.08. The molecular formula is C10H20N2O3S. The monoisotopic (exact) mass is 248 g/mol. The topological polar surface area (TPSA) is 66.5 Å². The number of hydrogen-bond donors (Lipinski definition) is 1. The van der Waals surface area contributed by atoms with Crippen molar-refractivity contribution in [1.29, 1.82) is 0 Å². The van der Waals surface area contributed by atoms with Gasteiger partial charge in [-0.25, -0.2) is 8.42 Å². The quantitative estimate of drug-likeness (QED) is 0.724. The van der Waals surface area contributed by atoms with Crippen LogP contribution in [0.25, 0.3) is 0 Å². The van der Waals surface area contributed by atoms with E-state index in [1.165, 1.54) is 13.8 Å². The van der Waals surface area contributed by atoms with Crippen molar-refractivity contribution in [3.8, 4) is 0 Å². The SMILES string of the molecule is C[C@@H]1CNCCN1C(=O)C(C)(C)S(C)(=O)=O. The molecule has 1 rings (SSSR count). The van der Waals surface area contributed by atoms with Gasteiger partial charge in [-0.15, -0.1) is 0 Å². The highest BCUT2D eigenvalue weighted by Crippen LogP contribution is 2.20. The van der Waals surface area contributed by atoms with Crippen molar-refractivity contribution in [1.82, 2.24) is 10.2 Å². The maximum atomic E-state index is 12.2. The predicted molar refractivity (Wildman–Crippen MR) is 63.0 cm³/mol. The van der Waals surface area contributed by atoms with Gasteiger partial charge in [-0.2, -0.15) is 0 Å². The number of amides is 1. The molecule has 0 radical (unpaired) electrons. The predicted octanol–water partition coefficient (Wildman–Crippen LogP) is -0.370. The third-order valence-electron chi connectivity index (χ3n) is 3.20. The molecule has 0 unspecified atom stereocenters. The number of carbonyl (C=O) groups is 1. The van der Waals surface area contributed by atoms with Gasteiger partial charge in [0, 0.05) is 31.9 Å². The summed E-state index contributed by atoms with van der Waals surface area (Å²) in [5.74, 6) is -0.302. The molecule has 0 aliphatic carbocycles. The van der Waals surface area contributed by atoms with E-state index in [1.54, 1.807) is 4.90 Å². The van der Waals surface area contributed by atoms with Crippen LogP contribution >= 0.6 is 0 Å². The minimum Gasteiger partial charge on any atom is -0.336 e. The van der Waals surface area contributed by atoms with E-state index in [-0.39, 0.29) is 11.9 Å². The van der Waals surface area contributed by atoms with E-state index < -0.39 is 14.6 Å². The number of piperazine rings is 1. The summed E-state index contributed by atoms with van der Waals surface area (Å²) in [7, 11) is -3.39. The van der Waals surface area contributed by atoms with E-state index in [4.69, 9.17) is 0 Å². The minimum atomic E-state index is -3.39. The van der Waals surface area contributed by atoms with Gasteiger partial charge in [0.15, 0.2) is 9.84 Å². The lowest BCUT2D eigenvalue weighted by Gasteiger charge is -2.38. The van der Waals surface area contributed by atoms with Crippen LogP contribution in [-0.4, -0.2) is 55.9 Å². The zero-order valence-corrected chi connectivity index (χ0v) is 11.1. The van der Waals surface area contributed by atoms with Crippen LogP contribution < -0.4 is 5.32 Å². The van der Waals surface area contributed by atoms with Crippen LogP contribution in [0.1, 0.15) is 20.8 Å². The van der Waals surface area contributed by atoms with Gasteiger partial charge in [-0.05, 0) is 20.8 Å². The summed E-state index contributed by atoms with van der Waals surface area (Å²) in [5.41, 5.74) is 0. The molecule has 16 heavy (non-hydrogen) atoms. The third kappa shape index (κ3) is 2.38. The Balaban J connectivity index is 2.93. The van der Waals surface area contributed by atoms with Crippen LogP contribution in [0, 0.1) is 0 Å². The molecule has 1 N–H and O–H groups in total. The van der Waals surface area contributed by atoms with Gasteiger partial charge in [0.25, 0.3) is 0 Å². The highest BCUT2D eigenvalue weighted by atomic mass is 32.2. The summed E-state index contributed by atoms with van der Waals surface area (Å²) in [6, 6.07) is 0.0438. The second kappa shape index (κ2) is 4.33. The molecule has 0 bridgehead atoms. The molecule has 94 valence electrons. The molecule has 0 aromatic carbocycles. The molecule has 5 nitrogen and oxygen atoms in total. The van der Waals surface area contributed by atoms with Crippen molar-refractivity contribution in [3.05, 3.63) is 0 Å². The van der Waals surface area contributed by atoms with Crippen molar-refractivity contribution in [2.24, 2.45) is 0 Å². The van der Waals surface area contributed by atoms with E-state index >= 15 is 0 Å². The molecule has 0 aromatic heterocycles. The van der Waals surface area contributed by atoms with Crippen LogP contribution in [0.2, 0.25) is 0 Å². The van der Waals surface area contributed by atoms with E-state index in [0.29, 0.717) is 13.1 Å². The van der Waals surface area contributed by atoms with E-state index in [9.17, 15) is 13.2 Å². The van der Waals surface area contributed by atoms with Crippen LogP contribution in [0.4, 0.5) is 0 Å². The molecule has 0 aromatic rings. The van der Waals surface area contributed by atoms with Gasteiger partial charge < -0.3 is 10.2 Å². The Morgan fingerprint density at radius 1 is 1.44 bits per heavy atom. The average Bonchev–Trinajstić information content (AvgIpc) is 2.15. The smallest absolute Gasteiger partial charge is 0.243 e. The van der Waals surface area contributed by atoms with Crippen LogP contribution in [-0.2, 0) is 14.6 Å². The molecule has 1 amide bonds. The minimum absolute atomic E-state index is 0.0438. The Labute approximate surface area is 97.1 Å². The van der Waals surface area contributed by atoms with Crippen LogP contribution in [0.5, 0.6) is 0 Å². The third-order valence-corrected chi connectivity index (χ3v) is 5.23. The van der Waals surface area contributed by atoms with Gasteiger partial charge in [0.05, 0.1) is 0 Å². The first-order valence-electron chi connectivity index (χ1n) is 5.39. The fraction of sp³-hybridized carbons (Fsp3) is 0.900. The standard InChI is InChI=1S/C10H20N2O3S/c1-8-7-11-5-6-12(8)9(13)10(2,3)16(4,14)15/h8,11H,5-7H2,1-4H3/t8-/m1/s1. The normalized spacial score (nSPS) is 23.2. The molecule has 1 aliphatic rings. The molecular weight excluding hydrogens is 228 g/mol. The number of nitrogens with one attached hydrogen (secondary N) is 1. The number of sulfone groups is 1. The Hall–Kier alpha value is -0.620. The summed E-state index contributed by atoms with van der Waals surface area (Å²) in [6.07, 6.45) is 1.11. The second-order valence-corrected chi connectivity index (χ2v) is 7.40. The molecule has 0 saturated carbocycles. The molecule has 1 heterocycles. The first-order valence-corrected chi connectivity index (χ1v) is 7.28. The number of carbonyl (C=O) groups excluding carboxylic acids is 1. The Kier molecular flexibility index (Phi) is 3.64. The molecule has 6 heteroatoms. The van der Waals surface area contributed by atoms with Crippen molar-refractivity contribution in [2.75, 3.05) is 25.9 Å². The largest absolute Gasteiger partial charge is 0.336 e. The lowest BCUT2D eigenvalue weighted by Crippen LogP contribution is -2.58. The highest BCUT2D eigenvalue weighted by molar-refractivity contribution is 7.92. The van der Waals surface area contributed by atoms with Crippen molar-refractivity contribution >= 4 is 15.7 Å². The molecule has 1 fully saturated rings. The summed E-state index contributed by atoms with van der Waals surface area (Å²) in [5, 5.41) is 3.17. The maximum absolute atomic E-state index is 12.2. The summed E-state index contributed by atoms with van der Waals surface area (Å²) >= 11 is 0. The van der Waals surface area contributed by atoms with Gasteiger partial charge in [0.1, 0.15) is 4.75 Å². The lowest BCUT2D eigenvalue weighted by molar-refractivity contribution is -0.135. The number of nitrogens with zero attached hydrogens (tertiary/aromatic N) is 1. The van der Waals surface area contributed by atoms with Crippen LogP contribution in [0.3, 0.4) is 0 Å². The molecule has 0 spiro atoms. The molecule has 1 aliphatic heterocycles. The van der Waals surface area contributed by atoms with Crippen LogP contribution in [0.15, 0.2) is 0 Å². The Morgan fingerprint density at radius 3 is 2.44 bits per heavy atom. The lowest BCUT2D eigenvalue weighted by atomic mass is 10.1. The Morgan fingerprint density at radius 2 is 2.00 bits per heavy atom.